The minimum Gasteiger partial charge on any atom is -0.248 e. The van der Waals surface area contributed by atoms with Crippen molar-refractivity contribution in [2.75, 3.05) is 13.1 Å². The zero-order valence-corrected chi connectivity index (χ0v) is 10.7. The SMILES string of the molecule is CC1CCCC2(CCN(I)CC2)C1. The van der Waals surface area contributed by atoms with E-state index in [1.54, 1.807) is 0 Å². The molecule has 0 radical (unpaired) electrons. The standard InChI is InChI=1S/C11H20IN/c1-10-3-2-4-11(9-10)5-7-13(12)8-6-11/h10H,2-9H2,1H3. The monoisotopic (exact) mass is 293 g/mol. The summed E-state index contributed by atoms with van der Waals surface area (Å²) in [4.78, 5) is 0. The molecule has 1 aliphatic heterocycles. The van der Waals surface area contributed by atoms with Gasteiger partial charge in [-0.05, 0) is 37.0 Å². The fourth-order valence-corrected chi connectivity index (χ4v) is 3.66. The van der Waals surface area contributed by atoms with Crippen molar-refractivity contribution in [2.45, 2.75) is 45.4 Å². The second kappa shape index (κ2) is 4.05. The maximum Gasteiger partial charge on any atom is 0.0201 e. The topological polar surface area (TPSA) is 3.24 Å². The summed E-state index contributed by atoms with van der Waals surface area (Å²) < 4.78 is 2.46. The summed E-state index contributed by atoms with van der Waals surface area (Å²) in [6, 6.07) is 0. The molecule has 0 aromatic rings. The highest BCUT2D eigenvalue weighted by Crippen LogP contribution is 2.46. The lowest BCUT2D eigenvalue weighted by Gasteiger charge is -2.44. The van der Waals surface area contributed by atoms with Gasteiger partial charge < -0.3 is 0 Å². The van der Waals surface area contributed by atoms with E-state index < -0.39 is 0 Å². The van der Waals surface area contributed by atoms with Gasteiger partial charge in [-0.2, -0.15) is 0 Å². The normalized spacial score (nSPS) is 35.1. The zero-order valence-electron chi connectivity index (χ0n) is 8.56. The third kappa shape index (κ3) is 2.38. The lowest BCUT2D eigenvalue weighted by Crippen LogP contribution is -2.38. The number of rotatable bonds is 0. The number of hydrogen-bond acceptors (Lipinski definition) is 1. The van der Waals surface area contributed by atoms with E-state index in [0.717, 1.165) is 11.3 Å². The van der Waals surface area contributed by atoms with Crippen LogP contribution in [0.25, 0.3) is 0 Å². The maximum atomic E-state index is 2.47. The molecular weight excluding hydrogens is 273 g/mol. The highest BCUT2D eigenvalue weighted by atomic mass is 127. The Bertz CT molecular complexity index is 173. The van der Waals surface area contributed by atoms with Crippen molar-refractivity contribution in [3.63, 3.8) is 0 Å². The van der Waals surface area contributed by atoms with Crippen LogP contribution in [0.5, 0.6) is 0 Å². The van der Waals surface area contributed by atoms with E-state index in [1.165, 1.54) is 51.6 Å². The van der Waals surface area contributed by atoms with Gasteiger partial charge in [0.2, 0.25) is 0 Å². The van der Waals surface area contributed by atoms with Crippen LogP contribution in [0, 0.1) is 11.3 Å². The molecule has 0 aromatic heterocycles. The lowest BCUT2D eigenvalue weighted by molar-refractivity contribution is 0.0847. The highest BCUT2D eigenvalue weighted by Gasteiger charge is 2.37. The summed E-state index contributed by atoms with van der Waals surface area (Å²) in [5.41, 5.74) is 0.763. The van der Waals surface area contributed by atoms with Gasteiger partial charge in [0, 0.05) is 36.0 Å². The molecule has 1 spiro atoms. The van der Waals surface area contributed by atoms with E-state index in [4.69, 9.17) is 0 Å². The van der Waals surface area contributed by atoms with Gasteiger partial charge in [-0.3, -0.25) is 0 Å². The Labute approximate surface area is 95.8 Å². The van der Waals surface area contributed by atoms with Gasteiger partial charge >= 0.3 is 0 Å². The van der Waals surface area contributed by atoms with Gasteiger partial charge in [-0.25, -0.2) is 3.11 Å². The first-order valence-electron chi connectivity index (χ1n) is 5.61. The van der Waals surface area contributed by atoms with Crippen LogP contribution in [0.3, 0.4) is 0 Å². The van der Waals surface area contributed by atoms with Crippen LogP contribution >= 0.6 is 22.9 Å². The second-order valence-electron chi connectivity index (χ2n) is 5.11. The van der Waals surface area contributed by atoms with Crippen LogP contribution in [0.1, 0.15) is 45.4 Å². The van der Waals surface area contributed by atoms with E-state index in [0.29, 0.717) is 0 Å². The Morgan fingerprint density at radius 2 is 1.92 bits per heavy atom. The largest absolute Gasteiger partial charge is 0.248 e. The zero-order chi connectivity index (χ0) is 9.31. The Kier molecular flexibility index (Phi) is 3.18. The lowest BCUT2D eigenvalue weighted by atomic mass is 9.65. The molecule has 1 nitrogen and oxygen atoms in total. The molecule has 1 unspecified atom stereocenters. The number of piperidine rings is 1. The Morgan fingerprint density at radius 3 is 2.54 bits per heavy atom. The summed E-state index contributed by atoms with van der Waals surface area (Å²) in [7, 11) is 0. The average Bonchev–Trinajstić information content (AvgIpc) is 2.11. The third-order valence-electron chi connectivity index (χ3n) is 3.96. The fraction of sp³-hybridized carbons (Fsp3) is 1.00. The number of halogens is 1. The molecule has 1 saturated carbocycles. The van der Waals surface area contributed by atoms with E-state index in [1.807, 2.05) is 0 Å². The van der Waals surface area contributed by atoms with Crippen molar-refractivity contribution in [2.24, 2.45) is 11.3 Å². The van der Waals surface area contributed by atoms with Crippen molar-refractivity contribution in [1.29, 1.82) is 0 Å². The average molecular weight is 293 g/mol. The van der Waals surface area contributed by atoms with E-state index >= 15 is 0 Å². The van der Waals surface area contributed by atoms with Crippen molar-refractivity contribution in [3.05, 3.63) is 0 Å². The van der Waals surface area contributed by atoms with Crippen LogP contribution in [0.4, 0.5) is 0 Å². The van der Waals surface area contributed by atoms with Gasteiger partial charge in [0.05, 0.1) is 0 Å². The Hall–Kier alpha value is 0.690. The van der Waals surface area contributed by atoms with Crippen LogP contribution in [-0.4, -0.2) is 16.2 Å². The molecule has 0 bridgehead atoms. The summed E-state index contributed by atoms with van der Waals surface area (Å²) in [6.07, 6.45) is 8.91. The molecule has 2 rings (SSSR count). The molecule has 1 saturated heterocycles. The number of nitrogens with zero attached hydrogens (tertiary/aromatic N) is 1. The van der Waals surface area contributed by atoms with Crippen LogP contribution in [0.2, 0.25) is 0 Å². The predicted molar refractivity (Wildman–Crippen MR) is 64.9 cm³/mol. The first-order chi connectivity index (χ1) is 6.20. The van der Waals surface area contributed by atoms with Crippen LogP contribution in [-0.2, 0) is 0 Å². The fourth-order valence-electron chi connectivity index (χ4n) is 3.18. The third-order valence-corrected chi connectivity index (χ3v) is 4.92. The van der Waals surface area contributed by atoms with Crippen molar-refractivity contribution in [1.82, 2.24) is 3.11 Å². The summed E-state index contributed by atoms with van der Waals surface area (Å²) in [5, 5.41) is 0. The molecule has 2 heteroatoms. The first kappa shape index (κ1) is 10.2. The van der Waals surface area contributed by atoms with E-state index in [9.17, 15) is 0 Å². The molecular formula is C11H20IN. The van der Waals surface area contributed by atoms with E-state index in [2.05, 4.69) is 32.9 Å². The molecule has 1 aliphatic carbocycles. The highest BCUT2D eigenvalue weighted by molar-refractivity contribution is 14.1. The number of hydrogen-bond donors (Lipinski definition) is 0. The minimum absolute atomic E-state index is 0.763. The molecule has 0 N–H and O–H groups in total. The molecule has 76 valence electrons. The molecule has 2 fully saturated rings. The molecule has 13 heavy (non-hydrogen) atoms. The quantitative estimate of drug-likeness (QED) is 0.487. The van der Waals surface area contributed by atoms with Gasteiger partial charge in [0.1, 0.15) is 0 Å². The van der Waals surface area contributed by atoms with Gasteiger partial charge in [0.25, 0.3) is 0 Å². The van der Waals surface area contributed by atoms with Gasteiger partial charge in [-0.15, -0.1) is 0 Å². The van der Waals surface area contributed by atoms with E-state index in [-0.39, 0.29) is 0 Å². The smallest absolute Gasteiger partial charge is 0.0201 e. The van der Waals surface area contributed by atoms with Crippen molar-refractivity contribution < 1.29 is 0 Å². The van der Waals surface area contributed by atoms with Crippen molar-refractivity contribution in [3.8, 4) is 0 Å². The molecule has 1 heterocycles. The Balaban J connectivity index is 1.95. The summed E-state index contributed by atoms with van der Waals surface area (Å²) in [5.74, 6) is 0.995. The Morgan fingerprint density at radius 1 is 1.23 bits per heavy atom. The van der Waals surface area contributed by atoms with Crippen LogP contribution < -0.4 is 0 Å². The summed E-state index contributed by atoms with van der Waals surface area (Å²) in [6.45, 7) is 5.10. The van der Waals surface area contributed by atoms with Gasteiger partial charge in [-0.1, -0.05) is 19.8 Å². The first-order valence-corrected chi connectivity index (χ1v) is 6.57. The maximum absolute atomic E-state index is 2.47. The predicted octanol–water partition coefficient (Wildman–Crippen LogP) is 3.63. The van der Waals surface area contributed by atoms with Gasteiger partial charge in [0.15, 0.2) is 0 Å². The minimum atomic E-state index is 0.763. The molecule has 0 aromatic carbocycles. The molecule has 2 aliphatic rings. The van der Waals surface area contributed by atoms with Crippen molar-refractivity contribution >= 4 is 22.9 Å². The second-order valence-corrected chi connectivity index (χ2v) is 6.48. The van der Waals surface area contributed by atoms with Crippen LogP contribution in [0.15, 0.2) is 0 Å². The molecule has 0 amide bonds. The molecule has 1 atom stereocenters. The summed E-state index contributed by atoms with van der Waals surface area (Å²) >= 11 is 2.47.